The van der Waals surface area contributed by atoms with E-state index >= 15 is 0 Å². The molecule has 0 aromatic heterocycles. The Morgan fingerprint density at radius 1 is 1.50 bits per heavy atom. The lowest BCUT2D eigenvalue weighted by atomic mass is 10.4. The molecule has 3 nitrogen and oxygen atoms in total. The van der Waals surface area contributed by atoms with Crippen molar-refractivity contribution < 1.29 is 24.1 Å². The van der Waals surface area contributed by atoms with E-state index < -0.39 is 30.5 Å². The number of ketones is 1. The van der Waals surface area contributed by atoms with Gasteiger partial charge < -0.3 is 5.32 Å². The third kappa shape index (κ3) is 4.28. The highest BCUT2D eigenvalue weighted by molar-refractivity contribution is 7.18. The number of carbonyl (C=O) groups is 2. The number of hydrogen-bond acceptors (Lipinski definition) is 2. The summed E-state index contributed by atoms with van der Waals surface area (Å²) in [5.74, 6) is -2.98. The Morgan fingerprint density at radius 3 is 2.33 bits per heavy atom. The van der Waals surface area contributed by atoms with Gasteiger partial charge in [0.1, 0.15) is 0 Å². The molecule has 2 atom stereocenters. The summed E-state index contributed by atoms with van der Waals surface area (Å²) in [7, 11) is 1.79. The van der Waals surface area contributed by atoms with Crippen molar-refractivity contribution in [1.29, 1.82) is 0 Å². The zero-order valence-electron chi connectivity index (χ0n) is 6.81. The van der Waals surface area contributed by atoms with Gasteiger partial charge in [-0.15, -0.1) is 9.24 Å². The van der Waals surface area contributed by atoms with Crippen molar-refractivity contribution in [1.82, 2.24) is 5.32 Å². The van der Waals surface area contributed by atoms with Crippen LogP contribution < -0.4 is 5.32 Å². The van der Waals surface area contributed by atoms with Crippen LogP contribution in [-0.4, -0.2) is 30.5 Å². The molecule has 2 unspecified atom stereocenters. The molecule has 0 aliphatic rings. The van der Waals surface area contributed by atoms with Crippen molar-refractivity contribution in [2.24, 2.45) is 0 Å². The van der Waals surface area contributed by atoms with E-state index in [4.69, 9.17) is 1.37 Å². The van der Waals surface area contributed by atoms with Crippen LogP contribution in [0.15, 0.2) is 0 Å². The van der Waals surface area contributed by atoms with Crippen LogP contribution in [0.3, 0.4) is 0 Å². The molecule has 0 radical (unpaired) electrons. The first-order valence-corrected chi connectivity index (χ1v) is 3.47. The number of nitrogens with one attached hydrogen (secondary N) is 1. The molecular formula is C5H7F3NO2P. The van der Waals surface area contributed by atoms with Gasteiger partial charge in [-0.25, -0.2) is 0 Å². The van der Waals surface area contributed by atoms with Crippen molar-refractivity contribution >= 4 is 20.9 Å². The summed E-state index contributed by atoms with van der Waals surface area (Å²) in [6.45, 7) is -0.782. The summed E-state index contributed by atoms with van der Waals surface area (Å²) in [6.07, 6.45) is -6.20. The second-order valence-electron chi connectivity index (χ2n) is 1.81. The number of rotatable bonds is 3. The maximum atomic E-state index is 11.5. The third-order valence-electron chi connectivity index (χ3n) is 0.867. The van der Waals surface area contributed by atoms with E-state index in [0.29, 0.717) is 0 Å². The molecule has 70 valence electrons. The second-order valence-corrected chi connectivity index (χ2v) is 2.15. The number of hydrogen-bond donors (Lipinski definition) is 1. The summed E-state index contributed by atoms with van der Waals surface area (Å²) in [5, 5.41) is 1.36. The Morgan fingerprint density at radius 2 is 2.00 bits per heavy atom. The maximum absolute atomic E-state index is 11.5. The third-order valence-corrected chi connectivity index (χ3v) is 1.24. The summed E-state index contributed by atoms with van der Waals surface area (Å²) >= 11 is 0. The number of amides is 1. The molecular weight excluding hydrogens is 194 g/mol. The Labute approximate surface area is 70.3 Å². The zero-order chi connectivity index (χ0) is 10.6. The highest BCUT2D eigenvalue weighted by Crippen LogP contribution is 2.13. The molecule has 12 heavy (non-hydrogen) atoms. The summed E-state index contributed by atoms with van der Waals surface area (Å²) in [5.41, 5.74) is 0. The fourth-order valence-corrected chi connectivity index (χ4v) is 0.444. The Kier molecular flexibility index (Phi) is 3.47. The highest BCUT2D eigenvalue weighted by atomic mass is 31.0. The van der Waals surface area contributed by atoms with Crippen LogP contribution in [0.2, 0.25) is 0 Å². The topological polar surface area (TPSA) is 46.2 Å². The molecule has 0 spiro atoms. The first kappa shape index (κ1) is 9.45. The molecule has 7 heteroatoms. The summed E-state index contributed by atoms with van der Waals surface area (Å²) in [6, 6.07) is 0. The van der Waals surface area contributed by atoms with Gasteiger partial charge in [-0.1, -0.05) is 0 Å². The molecule has 0 aromatic rings. The van der Waals surface area contributed by atoms with Crippen LogP contribution in [0.4, 0.5) is 13.2 Å². The van der Waals surface area contributed by atoms with Crippen LogP contribution in [0.25, 0.3) is 0 Å². The molecule has 0 aliphatic heterocycles. The van der Waals surface area contributed by atoms with Gasteiger partial charge in [-0.05, 0) is 0 Å². The molecule has 0 saturated carbocycles. The van der Waals surface area contributed by atoms with Crippen molar-refractivity contribution in [3.63, 3.8) is 0 Å². The van der Waals surface area contributed by atoms with Crippen LogP contribution in [0.5, 0.6) is 0 Å². The van der Waals surface area contributed by atoms with Gasteiger partial charge in [-0.3, -0.25) is 9.59 Å². The predicted molar refractivity (Wildman–Crippen MR) is 38.6 cm³/mol. The fourth-order valence-electron chi connectivity index (χ4n) is 0.327. The lowest BCUT2D eigenvalue weighted by molar-refractivity contribution is -0.173. The molecule has 1 N–H and O–H groups in total. The van der Waals surface area contributed by atoms with Gasteiger partial charge in [0.2, 0.25) is 0 Å². The number of Topliss-reactive ketones (excluding diaryl/α,β-unsaturated/α-hetero) is 1. The molecule has 0 heterocycles. The van der Waals surface area contributed by atoms with Crippen molar-refractivity contribution in [2.45, 2.75) is 6.18 Å². The summed E-state index contributed by atoms with van der Waals surface area (Å²) < 4.78 is 41.3. The Hall–Kier alpha value is -0.640. The van der Waals surface area contributed by atoms with Crippen LogP contribution in [-0.2, 0) is 9.59 Å². The average Bonchev–Trinajstić information content (AvgIpc) is 1.97. The highest BCUT2D eigenvalue weighted by Gasteiger charge is 2.38. The van der Waals surface area contributed by atoms with E-state index in [2.05, 4.69) is 0 Å². The minimum atomic E-state index is -4.99. The van der Waals surface area contributed by atoms with Crippen LogP contribution in [0, 0.1) is 0 Å². The summed E-state index contributed by atoms with van der Waals surface area (Å²) in [4.78, 5) is 20.7. The SMILES string of the molecule is [3H]C(P)C(=O)CNC(=O)C(F)(F)F. The second kappa shape index (κ2) is 4.40. The average molecular weight is 203 g/mol. The van der Waals surface area contributed by atoms with Gasteiger partial charge in [0, 0.05) is 7.51 Å². The monoisotopic (exact) mass is 203 g/mol. The van der Waals surface area contributed by atoms with E-state index in [9.17, 15) is 22.8 Å². The van der Waals surface area contributed by atoms with Crippen LogP contribution in [0.1, 0.15) is 1.37 Å². The van der Waals surface area contributed by atoms with Gasteiger partial charge in [-0.2, -0.15) is 13.2 Å². The quantitative estimate of drug-likeness (QED) is 0.661. The normalized spacial score (nSPS) is 14.8. The molecule has 0 aliphatic carbocycles. The largest absolute Gasteiger partial charge is 0.471 e. The minimum absolute atomic E-state index is 0.782. The molecule has 1 amide bonds. The van der Waals surface area contributed by atoms with E-state index in [1.165, 1.54) is 5.32 Å². The fraction of sp³-hybridized carbons (Fsp3) is 0.600. The lowest BCUT2D eigenvalue weighted by Gasteiger charge is -2.05. The number of carbonyl (C=O) groups excluding carboxylic acids is 2. The number of halogens is 3. The van der Waals surface area contributed by atoms with Crippen molar-refractivity contribution in [3.8, 4) is 0 Å². The lowest BCUT2D eigenvalue weighted by Crippen LogP contribution is -2.39. The van der Waals surface area contributed by atoms with E-state index in [-0.39, 0.29) is 0 Å². The molecule has 0 saturated heterocycles. The minimum Gasteiger partial charge on any atom is -0.341 e. The Bertz CT molecular complexity index is 218. The maximum Gasteiger partial charge on any atom is 0.471 e. The van der Waals surface area contributed by atoms with Gasteiger partial charge in [0.25, 0.3) is 0 Å². The first-order valence-electron chi connectivity index (χ1n) is 3.38. The molecule has 0 rings (SSSR count). The molecule has 0 bridgehead atoms. The first-order chi connectivity index (χ1) is 5.75. The van der Waals surface area contributed by atoms with E-state index in [1.807, 2.05) is 0 Å². The number of alkyl halides is 3. The standard InChI is InChI=1S/C5H7F3NO2P/c6-5(7,8)4(11)9-1-3(10)2-12/h1-2,12H2,(H,9,11)/i2T. The van der Waals surface area contributed by atoms with Gasteiger partial charge in [0.05, 0.1) is 6.54 Å². The smallest absolute Gasteiger partial charge is 0.341 e. The Balaban J connectivity index is 3.92. The van der Waals surface area contributed by atoms with Crippen molar-refractivity contribution in [3.05, 3.63) is 0 Å². The van der Waals surface area contributed by atoms with E-state index in [0.717, 1.165) is 0 Å². The zero-order valence-corrected chi connectivity index (χ0v) is 6.97. The van der Waals surface area contributed by atoms with Gasteiger partial charge >= 0.3 is 12.1 Å². The van der Waals surface area contributed by atoms with Crippen LogP contribution >= 0.6 is 9.24 Å². The van der Waals surface area contributed by atoms with E-state index in [1.54, 1.807) is 9.24 Å². The molecule has 0 fully saturated rings. The molecule has 0 aromatic carbocycles. The predicted octanol–water partition coefficient (Wildman–Crippen LogP) is 0.109. The van der Waals surface area contributed by atoms with Crippen molar-refractivity contribution in [2.75, 3.05) is 12.7 Å². The van der Waals surface area contributed by atoms with Gasteiger partial charge in [0.15, 0.2) is 5.78 Å².